The first kappa shape index (κ1) is 25.4. The SMILES string of the molecule is CN(/N=C\c1ccc([N+](=O)[O-])cc1)C(c1ccc([N+](=O)[O-])cc1)N(C)/N=C/c1ccc([N+](=O)[O-])cc1. The van der Waals surface area contributed by atoms with Gasteiger partial charge in [-0.1, -0.05) is 0 Å². The fraction of sp³-hybridized carbons (Fsp3) is 0.130. The summed E-state index contributed by atoms with van der Waals surface area (Å²) in [6, 6.07) is 17.7. The van der Waals surface area contributed by atoms with Crippen LogP contribution < -0.4 is 0 Å². The van der Waals surface area contributed by atoms with Crippen LogP contribution >= 0.6 is 0 Å². The van der Waals surface area contributed by atoms with Crippen molar-refractivity contribution in [2.24, 2.45) is 10.2 Å². The average Bonchev–Trinajstić information content (AvgIpc) is 2.87. The Hall–Kier alpha value is -5.20. The number of nitro groups is 3. The minimum Gasteiger partial charge on any atom is -0.272 e. The molecule has 13 heteroatoms. The molecule has 0 bridgehead atoms. The van der Waals surface area contributed by atoms with E-state index in [9.17, 15) is 30.3 Å². The van der Waals surface area contributed by atoms with Gasteiger partial charge in [0.05, 0.1) is 27.2 Å². The van der Waals surface area contributed by atoms with E-state index in [2.05, 4.69) is 10.2 Å². The van der Waals surface area contributed by atoms with Gasteiger partial charge in [-0.15, -0.1) is 0 Å². The van der Waals surface area contributed by atoms with E-state index >= 15 is 0 Å². The van der Waals surface area contributed by atoms with Crippen molar-refractivity contribution in [2.45, 2.75) is 6.17 Å². The van der Waals surface area contributed by atoms with Crippen molar-refractivity contribution in [2.75, 3.05) is 14.1 Å². The molecule has 0 saturated heterocycles. The van der Waals surface area contributed by atoms with E-state index in [0.29, 0.717) is 16.7 Å². The molecule has 0 amide bonds. The van der Waals surface area contributed by atoms with Crippen LogP contribution in [-0.4, -0.2) is 51.3 Å². The molecule has 0 saturated carbocycles. The number of hydrogen-bond acceptors (Lipinski definition) is 10. The number of hydrogen-bond donors (Lipinski definition) is 0. The van der Waals surface area contributed by atoms with Crippen molar-refractivity contribution in [3.63, 3.8) is 0 Å². The van der Waals surface area contributed by atoms with E-state index in [1.54, 1.807) is 60.5 Å². The van der Waals surface area contributed by atoms with Crippen molar-refractivity contribution in [1.29, 1.82) is 0 Å². The second-order valence-electron chi connectivity index (χ2n) is 7.56. The summed E-state index contributed by atoms with van der Waals surface area (Å²) in [6.07, 6.45) is 2.46. The van der Waals surface area contributed by atoms with Gasteiger partial charge in [0, 0.05) is 50.5 Å². The van der Waals surface area contributed by atoms with Gasteiger partial charge in [-0.2, -0.15) is 10.2 Å². The average molecular weight is 491 g/mol. The van der Waals surface area contributed by atoms with E-state index in [1.807, 2.05) is 0 Å². The van der Waals surface area contributed by atoms with Gasteiger partial charge in [-0.05, 0) is 53.1 Å². The van der Waals surface area contributed by atoms with Crippen LogP contribution in [0.5, 0.6) is 0 Å². The van der Waals surface area contributed by atoms with Crippen molar-refractivity contribution in [3.05, 3.63) is 120 Å². The second-order valence-corrected chi connectivity index (χ2v) is 7.56. The Bertz CT molecular complexity index is 1220. The number of nitro benzene ring substituents is 3. The molecular formula is C23H21N7O6. The molecule has 0 aromatic heterocycles. The summed E-state index contributed by atoms with van der Waals surface area (Å²) in [7, 11) is 3.37. The van der Waals surface area contributed by atoms with Gasteiger partial charge in [0.25, 0.3) is 17.1 Å². The lowest BCUT2D eigenvalue weighted by Crippen LogP contribution is -2.31. The Kier molecular flexibility index (Phi) is 7.97. The molecule has 3 aromatic rings. The van der Waals surface area contributed by atoms with Crippen LogP contribution in [0.1, 0.15) is 22.9 Å². The topological polar surface area (TPSA) is 161 Å². The van der Waals surface area contributed by atoms with Gasteiger partial charge >= 0.3 is 0 Å². The Morgan fingerprint density at radius 2 is 0.917 bits per heavy atom. The minimum atomic E-state index is -0.589. The smallest absolute Gasteiger partial charge is 0.269 e. The number of hydrazone groups is 2. The number of nitrogens with zero attached hydrogens (tertiary/aromatic N) is 7. The second kappa shape index (κ2) is 11.3. The van der Waals surface area contributed by atoms with Crippen molar-refractivity contribution in [1.82, 2.24) is 10.0 Å². The van der Waals surface area contributed by atoms with Crippen LogP contribution in [0.15, 0.2) is 83.0 Å². The van der Waals surface area contributed by atoms with Gasteiger partial charge in [0.15, 0.2) is 6.17 Å². The predicted octanol–water partition coefficient (Wildman–Crippen LogP) is 4.34. The zero-order valence-electron chi connectivity index (χ0n) is 19.2. The van der Waals surface area contributed by atoms with Crippen LogP contribution in [-0.2, 0) is 0 Å². The Balaban J connectivity index is 1.86. The standard InChI is InChI=1S/C23H21N7O6/c1-26(24-15-17-3-9-20(10-4-17)28(31)32)23(19-7-13-22(14-8-19)30(35)36)27(2)25-16-18-5-11-21(12-6-18)29(33)34/h3-16,23H,1-2H3/b24-15-,25-16+. The molecule has 0 N–H and O–H groups in total. The maximum absolute atomic E-state index is 11.1. The van der Waals surface area contributed by atoms with Crippen LogP contribution in [0.4, 0.5) is 17.1 Å². The first-order valence-corrected chi connectivity index (χ1v) is 10.4. The number of rotatable bonds is 10. The molecular weight excluding hydrogens is 470 g/mol. The van der Waals surface area contributed by atoms with Gasteiger partial charge in [-0.25, -0.2) is 0 Å². The summed E-state index contributed by atoms with van der Waals surface area (Å²) >= 11 is 0. The molecule has 0 fully saturated rings. The Morgan fingerprint density at radius 3 is 1.22 bits per heavy atom. The first-order valence-electron chi connectivity index (χ1n) is 10.4. The third-order valence-electron chi connectivity index (χ3n) is 5.10. The molecule has 1 atom stereocenters. The molecule has 1 unspecified atom stereocenters. The highest BCUT2D eigenvalue weighted by molar-refractivity contribution is 5.80. The Labute approximate surface area is 205 Å². The van der Waals surface area contributed by atoms with Crippen LogP contribution in [0.3, 0.4) is 0 Å². The molecule has 0 radical (unpaired) electrons. The Morgan fingerprint density at radius 1 is 0.611 bits per heavy atom. The lowest BCUT2D eigenvalue weighted by atomic mass is 10.1. The molecule has 0 aliphatic rings. The monoisotopic (exact) mass is 491 g/mol. The lowest BCUT2D eigenvalue weighted by Gasteiger charge is -2.32. The summed E-state index contributed by atoms with van der Waals surface area (Å²) in [5.74, 6) is 0. The van der Waals surface area contributed by atoms with E-state index in [-0.39, 0.29) is 17.1 Å². The van der Waals surface area contributed by atoms with Gasteiger partial charge in [-0.3, -0.25) is 40.4 Å². The number of non-ortho nitro benzene ring substituents is 3. The highest BCUT2D eigenvalue weighted by Crippen LogP contribution is 2.26. The van der Waals surface area contributed by atoms with Crippen LogP contribution in [0.2, 0.25) is 0 Å². The summed E-state index contributed by atoms with van der Waals surface area (Å²) in [5.41, 5.74) is 1.78. The van der Waals surface area contributed by atoms with E-state index in [4.69, 9.17) is 0 Å². The molecule has 3 aromatic carbocycles. The fourth-order valence-electron chi connectivity index (χ4n) is 3.25. The zero-order chi connectivity index (χ0) is 26.2. The molecule has 3 rings (SSSR count). The molecule has 0 aliphatic heterocycles. The van der Waals surface area contributed by atoms with Crippen molar-refractivity contribution < 1.29 is 14.8 Å². The molecule has 0 heterocycles. The normalized spacial score (nSPS) is 11.9. The quantitative estimate of drug-likeness (QED) is 0.175. The van der Waals surface area contributed by atoms with Crippen molar-refractivity contribution in [3.8, 4) is 0 Å². The zero-order valence-corrected chi connectivity index (χ0v) is 19.2. The van der Waals surface area contributed by atoms with E-state index in [0.717, 1.165) is 0 Å². The van der Waals surface area contributed by atoms with Crippen molar-refractivity contribution >= 4 is 29.5 Å². The maximum atomic E-state index is 11.1. The molecule has 0 spiro atoms. The fourth-order valence-corrected chi connectivity index (χ4v) is 3.25. The van der Waals surface area contributed by atoms with Gasteiger partial charge in [0.2, 0.25) is 0 Å². The minimum absolute atomic E-state index is 0.0374. The molecule has 0 aliphatic carbocycles. The summed E-state index contributed by atoms with van der Waals surface area (Å²) in [4.78, 5) is 31.3. The van der Waals surface area contributed by atoms with E-state index < -0.39 is 20.9 Å². The van der Waals surface area contributed by atoms with Crippen LogP contribution in [0, 0.1) is 30.3 Å². The van der Waals surface area contributed by atoms with E-state index in [1.165, 1.54) is 48.8 Å². The van der Waals surface area contributed by atoms with Crippen LogP contribution in [0.25, 0.3) is 0 Å². The van der Waals surface area contributed by atoms with Gasteiger partial charge < -0.3 is 0 Å². The molecule has 36 heavy (non-hydrogen) atoms. The first-order chi connectivity index (χ1) is 17.2. The number of benzene rings is 3. The summed E-state index contributed by atoms with van der Waals surface area (Å²) < 4.78 is 0. The van der Waals surface area contributed by atoms with Gasteiger partial charge in [0.1, 0.15) is 0 Å². The third-order valence-corrected chi connectivity index (χ3v) is 5.10. The highest BCUT2D eigenvalue weighted by Gasteiger charge is 2.21. The largest absolute Gasteiger partial charge is 0.272 e. The summed E-state index contributed by atoms with van der Waals surface area (Å²) in [6.45, 7) is 0. The third kappa shape index (κ3) is 6.44. The summed E-state index contributed by atoms with van der Waals surface area (Å²) in [5, 5.41) is 44.8. The lowest BCUT2D eigenvalue weighted by molar-refractivity contribution is -0.385. The molecule has 13 nitrogen and oxygen atoms in total. The predicted molar refractivity (Wildman–Crippen MR) is 133 cm³/mol. The molecule has 184 valence electrons. The maximum Gasteiger partial charge on any atom is 0.269 e. The highest BCUT2D eigenvalue weighted by atomic mass is 16.6.